The Morgan fingerprint density at radius 3 is 2.85 bits per heavy atom. The number of carbonyl (C=O) groups excluding carboxylic acids is 2. The van der Waals surface area contributed by atoms with Crippen molar-refractivity contribution in [2.24, 2.45) is 0 Å². The molecule has 1 unspecified atom stereocenters. The van der Waals surface area contributed by atoms with Crippen LogP contribution in [-0.2, 0) is 20.7 Å². The van der Waals surface area contributed by atoms with Gasteiger partial charge in [-0.25, -0.2) is 4.39 Å². The SMILES string of the molecule is CCOC(=O)CC1Sc2ccc(Cc3ccc(Br)cc3F)cc2NC1=O. The molecule has 0 aliphatic carbocycles. The average Bonchev–Trinajstić information content (AvgIpc) is 2.58. The normalized spacial score (nSPS) is 16.0. The van der Waals surface area contributed by atoms with Gasteiger partial charge in [-0.1, -0.05) is 28.1 Å². The number of anilines is 1. The van der Waals surface area contributed by atoms with E-state index < -0.39 is 5.25 Å². The van der Waals surface area contributed by atoms with E-state index in [-0.39, 0.29) is 24.1 Å². The molecule has 1 atom stereocenters. The Morgan fingerprint density at radius 1 is 1.31 bits per heavy atom. The van der Waals surface area contributed by atoms with Crippen molar-refractivity contribution in [2.45, 2.75) is 29.9 Å². The fourth-order valence-corrected chi connectivity index (χ4v) is 4.11. The molecule has 1 amide bonds. The molecule has 136 valence electrons. The molecule has 26 heavy (non-hydrogen) atoms. The van der Waals surface area contributed by atoms with E-state index in [9.17, 15) is 14.0 Å². The summed E-state index contributed by atoms with van der Waals surface area (Å²) < 4.78 is 19.6. The molecular formula is C19H17BrFNO3S. The summed E-state index contributed by atoms with van der Waals surface area (Å²) in [4.78, 5) is 24.8. The van der Waals surface area contributed by atoms with Gasteiger partial charge in [-0.05, 0) is 42.3 Å². The maximum absolute atomic E-state index is 14.0. The molecule has 4 nitrogen and oxygen atoms in total. The minimum absolute atomic E-state index is 0.0373. The topological polar surface area (TPSA) is 55.4 Å². The summed E-state index contributed by atoms with van der Waals surface area (Å²) in [6, 6.07) is 10.6. The van der Waals surface area contributed by atoms with E-state index in [1.54, 1.807) is 19.1 Å². The first-order chi connectivity index (χ1) is 12.5. The Bertz CT molecular complexity index is 859. The summed E-state index contributed by atoms with van der Waals surface area (Å²) in [6.45, 7) is 2.03. The van der Waals surface area contributed by atoms with Crippen LogP contribution in [0.25, 0.3) is 0 Å². The first-order valence-corrected chi connectivity index (χ1v) is 9.83. The van der Waals surface area contributed by atoms with Crippen LogP contribution >= 0.6 is 27.7 Å². The number of hydrogen-bond acceptors (Lipinski definition) is 4. The molecule has 1 aliphatic rings. The van der Waals surface area contributed by atoms with Gasteiger partial charge in [0, 0.05) is 15.8 Å². The molecule has 2 aromatic carbocycles. The van der Waals surface area contributed by atoms with Crippen LogP contribution in [0.4, 0.5) is 10.1 Å². The van der Waals surface area contributed by atoms with E-state index >= 15 is 0 Å². The summed E-state index contributed by atoms with van der Waals surface area (Å²) in [5.41, 5.74) is 2.17. The van der Waals surface area contributed by atoms with E-state index in [0.29, 0.717) is 28.8 Å². The molecule has 3 rings (SSSR count). The van der Waals surface area contributed by atoms with Gasteiger partial charge in [0.05, 0.1) is 24.0 Å². The minimum Gasteiger partial charge on any atom is -0.466 e. The van der Waals surface area contributed by atoms with E-state index in [1.807, 2.05) is 18.2 Å². The highest BCUT2D eigenvalue weighted by molar-refractivity contribution is 9.10. The van der Waals surface area contributed by atoms with Crippen LogP contribution in [0.5, 0.6) is 0 Å². The number of benzene rings is 2. The zero-order chi connectivity index (χ0) is 18.7. The molecule has 1 N–H and O–H groups in total. The number of ether oxygens (including phenoxy) is 1. The Kier molecular flexibility index (Phi) is 5.98. The number of halogens is 2. The highest BCUT2D eigenvalue weighted by Crippen LogP contribution is 2.38. The van der Waals surface area contributed by atoms with Crippen LogP contribution in [0.1, 0.15) is 24.5 Å². The van der Waals surface area contributed by atoms with Gasteiger partial charge in [0.15, 0.2) is 0 Å². The second kappa shape index (κ2) is 8.22. The Hall–Kier alpha value is -1.86. The number of esters is 1. The number of fused-ring (bicyclic) bond motifs is 1. The number of thioether (sulfide) groups is 1. The second-order valence-corrected chi connectivity index (χ2v) is 8.01. The van der Waals surface area contributed by atoms with Crippen molar-refractivity contribution in [3.63, 3.8) is 0 Å². The van der Waals surface area contributed by atoms with Gasteiger partial charge < -0.3 is 10.1 Å². The molecule has 1 aliphatic heterocycles. The molecule has 0 saturated heterocycles. The lowest BCUT2D eigenvalue weighted by atomic mass is 10.0. The second-order valence-electron chi connectivity index (χ2n) is 5.85. The van der Waals surface area contributed by atoms with E-state index in [4.69, 9.17) is 4.74 Å². The summed E-state index contributed by atoms with van der Waals surface area (Å²) in [7, 11) is 0. The number of carbonyl (C=O) groups is 2. The zero-order valence-electron chi connectivity index (χ0n) is 14.1. The van der Waals surface area contributed by atoms with Crippen LogP contribution in [0, 0.1) is 5.82 Å². The summed E-state index contributed by atoms with van der Waals surface area (Å²) in [5.74, 6) is -0.876. The van der Waals surface area contributed by atoms with E-state index in [0.717, 1.165) is 10.5 Å². The molecule has 0 saturated carbocycles. The molecule has 0 aromatic heterocycles. The predicted octanol–water partition coefficient (Wildman–Crippen LogP) is 4.55. The molecule has 0 spiro atoms. The molecule has 7 heteroatoms. The van der Waals surface area contributed by atoms with Gasteiger partial charge in [-0.15, -0.1) is 11.8 Å². The van der Waals surface area contributed by atoms with Crippen molar-refractivity contribution < 1.29 is 18.7 Å². The lowest BCUT2D eigenvalue weighted by Gasteiger charge is -2.24. The number of nitrogens with one attached hydrogen (secondary N) is 1. The third-order valence-electron chi connectivity index (χ3n) is 3.93. The van der Waals surface area contributed by atoms with Crippen molar-refractivity contribution in [3.8, 4) is 0 Å². The number of rotatable bonds is 5. The molecule has 0 bridgehead atoms. The fraction of sp³-hybridized carbons (Fsp3) is 0.263. The quantitative estimate of drug-likeness (QED) is 0.697. The third kappa shape index (κ3) is 4.45. The van der Waals surface area contributed by atoms with Crippen molar-refractivity contribution >= 4 is 45.3 Å². The van der Waals surface area contributed by atoms with Gasteiger partial charge in [0.2, 0.25) is 5.91 Å². The van der Waals surface area contributed by atoms with E-state index in [2.05, 4.69) is 21.2 Å². The summed E-state index contributed by atoms with van der Waals surface area (Å²) in [6.07, 6.45) is 0.467. The van der Waals surface area contributed by atoms with Crippen LogP contribution in [0.3, 0.4) is 0 Å². The van der Waals surface area contributed by atoms with Gasteiger partial charge >= 0.3 is 5.97 Å². The van der Waals surface area contributed by atoms with Crippen LogP contribution in [0.15, 0.2) is 45.8 Å². The van der Waals surface area contributed by atoms with Gasteiger partial charge in [0.1, 0.15) is 5.82 Å². The molecule has 2 aromatic rings. The molecular weight excluding hydrogens is 421 g/mol. The Morgan fingerprint density at radius 2 is 2.12 bits per heavy atom. The van der Waals surface area contributed by atoms with Gasteiger partial charge in [-0.3, -0.25) is 9.59 Å². The van der Waals surface area contributed by atoms with Crippen LogP contribution in [-0.4, -0.2) is 23.7 Å². The standard InChI is InChI=1S/C19H17BrFNO3S/c1-2-25-18(23)10-17-19(24)22-15-8-11(3-6-16(15)26-17)7-12-4-5-13(20)9-14(12)21/h3-6,8-9,17H,2,7,10H2,1H3,(H,22,24). The smallest absolute Gasteiger partial charge is 0.307 e. The Balaban J connectivity index is 1.74. The molecule has 1 heterocycles. The lowest BCUT2D eigenvalue weighted by molar-refractivity contribution is -0.143. The zero-order valence-corrected chi connectivity index (χ0v) is 16.5. The summed E-state index contributed by atoms with van der Waals surface area (Å²) >= 11 is 4.59. The summed E-state index contributed by atoms with van der Waals surface area (Å²) in [5, 5.41) is 2.34. The largest absolute Gasteiger partial charge is 0.466 e. The lowest BCUT2D eigenvalue weighted by Crippen LogP contribution is -2.31. The number of amides is 1. The highest BCUT2D eigenvalue weighted by Gasteiger charge is 2.29. The van der Waals surface area contributed by atoms with Crippen molar-refractivity contribution in [1.29, 1.82) is 0 Å². The third-order valence-corrected chi connectivity index (χ3v) is 5.70. The predicted molar refractivity (Wildman–Crippen MR) is 103 cm³/mol. The van der Waals surface area contributed by atoms with Crippen molar-refractivity contribution in [2.75, 3.05) is 11.9 Å². The van der Waals surface area contributed by atoms with Gasteiger partial charge in [0.25, 0.3) is 0 Å². The first kappa shape index (κ1) is 18.9. The average molecular weight is 438 g/mol. The minimum atomic E-state index is -0.503. The molecule has 0 fully saturated rings. The van der Waals surface area contributed by atoms with Crippen molar-refractivity contribution in [3.05, 3.63) is 57.8 Å². The Labute approximate surface area is 163 Å². The first-order valence-electron chi connectivity index (χ1n) is 8.16. The maximum Gasteiger partial charge on any atom is 0.307 e. The van der Waals surface area contributed by atoms with Gasteiger partial charge in [-0.2, -0.15) is 0 Å². The van der Waals surface area contributed by atoms with Crippen LogP contribution in [0.2, 0.25) is 0 Å². The molecule has 0 radical (unpaired) electrons. The van der Waals surface area contributed by atoms with Crippen molar-refractivity contribution in [1.82, 2.24) is 0 Å². The highest BCUT2D eigenvalue weighted by atomic mass is 79.9. The van der Waals surface area contributed by atoms with Crippen LogP contribution < -0.4 is 5.32 Å². The number of hydrogen-bond donors (Lipinski definition) is 1. The maximum atomic E-state index is 14.0. The monoisotopic (exact) mass is 437 g/mol. The van der Waals surface area contributed by atoms with E-state index in [1.165, 1.54) is 17.8 Å². The fourth-order valence-electron chi connectivity index (χ4n) is 2.70.